The van der Waals surface area contributed by atoms with Crippen LogP contribution in [0.15, 0.2) is 61.3 Å². The van der Waals surface area contributed by atoms with Crippen molar-refractivity contribution in [1.29, 1.82) is 0 Å². The largest absolute Gasteiger partial charge is 0.432 e. The molecule has 4 atom stereocenters. The number of para-hydroxylation sites is 1. The molecule has 2 N–H and O–H groups in total. The number of aryl methyl sites for hydroxylation is 2. The number of hydrogen-bond acceptors (Lipinski definition) is 7. The normalized spacial score (nSPS) is 25.0. The van der Waals surface area contributed by atoms with Crippen LogP contribution in [-0.2, 0) is 39.3 Å². The van der Waals surface area contributed by atoms with Gasteiger partial charge in [0.2, 0.25) is 5.91 Å². The molecule has 4 heterocycles. The van der Waals surface area contributed by atoms with Gasteiger partial charge in [-0.1, -0.05) is 36.4 Å². The Hall–Kier alpha value is -3.64. The van der Waals surface area contributed by atoms with E-state index in [0.29, 0.717) is 50.2 Å². The van der Waals surface area contributed by atoms with Crippen LogP contribution < -0.4 is 9.80 Å². The Morgan fingerprint density at radius 2 is 1.95 bits per heavy atom. The van der Waals surface area contributed by atoms with Crippen molar-refractivity contribution < 1.29 is 24.2 Å². The van der Waals surface area contributed by atoms with Gasteiger partial charge < -0.3 is 19.5 Å². The molecule has 11 heteroatoms. The molecule has 1 saturated heterocycles. The SMILES string of the molecule is C=CCN1C(=O)[C@]2(O[C@H](CCn3cc(CCO)nn3)[C@@H]([Si](C)(C)O)[C@@H]2C)c2cc(N3C(=O)CCc4ccccc43)ccc21. The zero-order valence-corrected chi connectivity index (χ0v) is 25.9. The zero-order chi connectivity index (χ0) is 30.5. The third-order valence-electron chi connectivity index (χ3n) is 9.22. The Morgan fingerprint density at radius 1 is 1.16 bits per heavy atom. The van der Waals surface area contributed by atoms with Crippen LogP contribution in [0.3, 0.4) is 0 Å². The van der Waals surface area contributed by atoms with Gasteiger partial charge in [0.25, 0.3) is 5.91 Å². The number of hydrogen-bond donors (Lipinski definition) is 2. The maximum atomic E-state index is 14.5. The highest BCUT2D eigenvalue weighted by molar-refractivity contribution is 6.71. The quantitative estimate of drug-likeness (QED) is 0.282. The van der Waals surface area contributed by atoms with Gasteiger partial charge in [0.15, 0.2) is 13.9 Å². The van der Waals surface area contributed by atoms with Gasteiger partial charge in [-0.15, -0.1) is 11.7 Å². The topological polar surface area (TPSA) is 121 Å². The van der Waals surface area contributed by atoms with Crippen molar-refractivity contribution in [2.24, 2.45) is 5.92 Å². The van der Waals surface area contributed by atoms with Gasteiger partial charge in [-0.3, -0.25) is 19.2 Å². The number of aliphatic hydroxyl groups is 1. The van der Waals surface area contributed by atoms with Gasteiger partial charge in [0, 0.05) is 61.4 Å². The molecule has 0 saturated carbocycles. The minimum Gasteiger partial charge on any atom is -0.432 e. The predicted molar refractivity (Wildman–Crippen MR) is 165 cm³/mol. The molecule has 3 aliphatic rings. The van der Waals surface area contributed by atoms with Crippen LogP contribution in [0.5, 0.6) is 0 Å². The van der Waals surface area contributed by atoms with Crippen LogP contribution in [-0.4, -0.2) is 64.3 Å². The van der Waals surface area contributed by atoms with Gasteiger partial charge in [0.05, 0.1) is 23.2 Å². The summed E-state index contributed by atoms with van der Waals surface area (Å²) < 4.78 is 8.66. The van der Waals surface area contributed by atoms with Crippen LogP contribution in [0, 0.1) is 5.92 Å². The second-order valence-corrected chi connectivity index (χ2v) is 16.3. The smallest absolute Gasteiger partial charge is 0.264 e. The molecule has 6 rings (SSSR count). The molecule has 3 aliphatic heterocycles. The highest BCUT2D eigenvalue weighted by Gasteiger charge is 2.66. The lowest BCUT2D eigenvalue weighted by molar-refractivity contribution is -0.145. The van der Waals surface area contributed by atoms with Gasteiger partial charge in [-0.05, 0) is 55.8 Å². The van der Waals surface area contributed by atoms with Crippen LogP contribution in [0.4, 0.5) is 17.1 Å². The van der Waals surface area contributed by atoms with E-state index in [0.717, 1.165) is 22.5 Å². The van der Waals surface area contributed by atoms with E-state index in [1.807, 2.05) is 68.7 Å². The molecule has 43 heavy (non-hydrogen) atoms. The molecular weight excluding hydrogens is 562 g/mol. The number of aliphatic hydroxyl groups excluding tert-OH is 1. The van der Waals surface area contributed by atoms with Gasteiger partial charge in [-0.25, -0.2) is 0 Å². The van der Waals surface area contributed by atoms with E-state index in [4.69, 9.17) is 4.74 Å². The first-order chi connectivity index (χ1) is 20.6. The summed E-state index contributed by atoms with van der Waals surface area (Å²) in [4.78, 5) is 42.8. The van der Waals surface area contributed by atoms with Crippen molar-refractivity contribution in [3.63, 3.8) is 0 Å². The summed E-state index contributed by atoms with van der Waals surface area (Å²) in [6.07, 6.45) is 5.15. The van der Waals surface area contributed by atoms with Crippen LogP contribution >= 0.6 is 0 Å². The first-order valence-corrected chi connectivity index (χ1v) is 18.0. The van der Waals surface area contributed by atoms with Crippen molar-refractivity contribution >= 4 is 37.2 Å². The molecule has 3 aromatic rings. The van der Waals surface area contributed by atoms with E-state index in [1.54, 1.807) is 20.6 Å². The molecule has 0 aliphatic carbocycles. The van der Waals surface area contributed by atoms with Crippen molar-refractivity contribution in [3.05, 3.63) is 78.1 Å². The maximum absolute atomic E-state index is 14.5. The number of carbonyl (C=O) groups excluding carboxylic acids is 2. The summed E-state index contributed by atoms with van der Waals surface area (Å²) in [5, 5.41) is 17.6. The molecular formula is C32H39N5O5Si. The summed E-state index contributed by atoms with van der Waals surface area (Å²) >= 11 is 0. The molecule has 0 bridgehead atoms. The number of carbonyl (C=O) groups is 2. The van der Waals surface area contributed by atoms with Crippen molar-refractivity contribution in [3.8, 4) is 0 Å². The lowest BCUT2D eigenvalue weighted by Gasteiger charge is -2.33. The molecule has 2 amide bonds. The molecule has 1 spiro atoms. The van der Waals surface area contributed by atoms with E-state index in [-0.39, 0.29) is 29.9 Å². The molecule has 1 aromatic heterocycles. The molecule has 10 nitrogen and oxygen atoms in total. The predicted octanol–water partition coefficient (Wildman–Crippen LogP) is 3.84. The van der Waals surface area contributed by atoms with Gasteiger partial charge >= 0.3 is 0 Å². The Morgan fingerprint density at radius 3 is 2.70 bits per heavy atom. The lowest BCUT2D eigenvalue weighted by atomic mass is 9.82. The minimum absolute atomic E-state index is 0.00380. The van der Waals surface area contributed by atoms with Gasteiger partial charge in [0.1, 0.15) is 0 Å². The first-order valence-electron chi connectivity index (χ1n) is 15.0. The fourth-order valence-electron chi connectivity index (χ4n) is 7.43. The first kappa shape index (κ1) is 29.4. The number of anilines is 3. The maximum Gasteiger partial charge on any atom is 0.264 e. The lowest BCUT2D eigenvalue weighted by Crippen LogP contribution is -2.46. The third-order valence-corrected chi connectivity index (χ3v) is 11.7. The molecule has 1 fully saturated rings. The fraction of sp³-hybridized carbons (Fsp3) is 0.438. The van der Waals surface area contributed by atoms with Crippen molar-refractivity contribution in [1.82, 2.24) is 15.0 Å². The Kier molecular flexibility index (Phi) is 7.62. The highest BCUT2D eigenvalue weighted by Crippen LogP contribution is 2.60. The number of rotatable bonds is 9. The average Bonchev–Trinajstić information content (AvgIpc) is 3.62. The van der Waals surface area contributed by atoms with E-state index in [2.05, 4.69) is 16.9 Å². The average molecular weight is 602 g/mol. The summed E-state index contributed by atoms with van der Waals surface area (Å²) in [5.41, 5.74) is 3.25. The number of benzene rings is 2. The van der Waals surface area contributed by atoms with Crippen molar-refractivity contribution in [2.75, 3.05) is 23.0 Å². The zero-order valence-electron chi connectivity index (χ0n) is 24.9. The number of fused-ring (bicyclic) bond motifs is 3. The summed E-state index contributed by atoms with van der Waals surface area (Å²) in [6.45, 7) is 10.5. The molecule has 0 unspecified atom stereocenters. The van der Waals surface area contributed by atoms with Crippen LogP contribution in [0.1, 0.15) is 36.6 Å². The molecule has 2 aromatic carbocycles. The van der Waals surface area contributed by atoms with Crippen LogP contribution in [0.25, 0.3) is 0 Å². The second kappa shape index (κ2) is 11.1. The minimum atomic E-state index is -2.84. The summed E-state index contributed by atoms with van der Waals surface area (Å²) in [7, 11) is -2.84. The van der Waals surface area contributed by atoms with Gasteiger partial charge in [-0.2, -0.15) is 0 Å². The van der Waals surface area contributed by atoms with E-state index in [1.165, 1.54) is 0 Å². The number of aromatic nitrogens is 3. The van der Waals surface area contributed by atoms with Crippen LogP contribution in [0.2, 0.25) is 18.6 Å². The van der Waals surface area contributed by atoms with E-state index < -0.39 is 20.0 Å². The van der Waals surface area contributed by atoms with E-state index in [9.17, 15) is 19.5 Å². The van der Waals surface area contributed by atoms with E-state index >= 15 is 0 Å². The Bertz CT molecular complexity index is 1570. The summed E-state index contributed by atoms with van der Waals surface area (Å²) in [5.74, 6) is -0.493. The number of ether oxygens (including phenoxy) is 1. The Balaban J connectivity index is 1.42. The monoisotopic (exact) mass is 601 g/mol. The molecule has 0 radical (unpaired) electrons. The number of nitrogens with zero attached hydrogens (tertiary/aromatic N) is 5. The second-order valence-electron chi connectivity index (χ2n) is 12.4. The Labute approximate surface area is 252 Å². The number of amides is 2. The third kappa shape index (κ3) is 4.84. The fourth-order valence-corrected chi connectivity index (χ4v) is 10.0. The van der Waals surface area contributed by atoms with Crippen molar-refractivity contribution in [2.45, 2.75) is 69.5 Å². The highest BCUT2D eigenvalue weighted by atomic mass is 28.4. The standard InChI is InChI=1S/C32H39N5O5Si/c1-5-16-36-27-12-11-24(37-26-9-7-6-8-22(26)10-13-29(37)39)19-25(27)32(31(36)40)21(2)30(43(3,4)41)28(42-32)14-17-35-20-23(15-18-38)33-34-35/h5-9,11-12,19-21,28,30,38,41H,1,10,13-18H2,2-4H3/t21-,28+,30-,32+/m0/s1. The summed E-state index contributed by atoms with van der Waals surface area (Å²) in [6, 6.07) is 13.7. The molecule has 226 valence electrons.